The molecule has 27 heavy (non-hydrogen) atoms. The molecule has 0 aliphatic rings. The highest BCUT2D eigenvalue weighted by atomic mass is 35.5. The van der Waals surface area contributed by atoms with E-state index in [1.54, 1.807) is 6.07 Å². The maximum Gasteiger partial charge on any atom is 0.341 e. The lowest BCUT2D eigenvalue weighted by atomic mass is 10.1. The summed E-state index contributed by atoms with van der Waals surface area (Å²) in [6, 6.07) is 12.6. The summed E-state index contributed by atoms with van der Waals surface area (Å²) in [5, 5.41) is 6.46. The van der Waals surface area contributed by atoms with Crippen LogP contribution in [0.5, 0.6) is 0 Å². The van der Waals surface area contributed by atoms with E-state index in [4.69, 9.17) is 20.9 Å². The van der Waals surface area contributed by atoms with E-state index in [1.165, 1.54) is 6.07 Å². The summed E-state index contributed by atoms with van der Waals surface area (Å²) in [5.74, 6) is -2.34. The fraction of sp³-hybridized carbons (Fsp3) is 0.105. The average Bonchev–Trinajstić information content (AvgIpc) is 3.10. The van der Waals surface area contributed by atoms with Crippen LogP contribution in [0, 0.1) is 12.7 Å². The number of nitrogens with zero attached hydrogens (tertiary/aromatic N) is 1. The lowest BCUT2D eigenvalue weighted by molar-refractivity contribution is -0.119. The van der Waals surface area contributed by atoms with Gasteiger partial charge in [-0.15, -0.1) is 0 Å². The second-order valence-corrected chi connectivity index (χ2v) is 6.13. The molecule has 6 nitrogen and oxygen atoms in total. The molecule has 0 saturated heterocycles. The number of hydrogen-bond donors (Lipinski definition) is 1. The number of hydrogen-bond acceptors (Lipinski definition) is 5. The van der Waals surface area contributed by atoms with Gasteiger partial charge in [-0.2, -0.15) is 0 Å². The summed E-state index contributed by atoms with van der Waals surface area (Å²) >= 11 is 5.72. The molecule has 0 aliphatic heterocycles. The van der Waals surface area contributed by atoms with Crippen molar-refractivity contribution >= 4 is 29.4 Å². The van der Waals surface area contributed by atoms with Crippen LogP contribution in [0.3, 0.4) is 0 Å². The van der Waals surface area contributed by atoms with Crippen molar-refractivity contribution in [2.45, 2.75) is 6.92 Å². The number of amides is 1. The van der Waals surface area contributed by atoms with Crippen molar-refractivity contribution in [3.8, 4) is 11.3 Å². The summed E-state index contributed by atoms with van der Waals surface area (Å²) < 4.78 is 23.4. The topological polar surface area (TPSA) is 81.4 Å². The average molecular weight is 389 g/mol. The van der Waals surface area contributed by atoms with Crippen LogP contribution >= 0.6 is 11.6 Å². The summed E-state index contributed by atoms with van der Waals surface area (Å²) in [7, 11) is 0. The standard InChI is InChI=1S/C19H14ClFN2O4/c1-11-2-4-12(5-3-11)16-9-18(27-23-16)22-17(24)10-26-19(25)14-8-13(20)6-7-15(14)21/h2-9H,10H2,1H3,(H,22,24). The van der Waals surface area contributed by atoms with Gasteiger partial charge in [-0.3, -0.25) is 10.1 Å². The number of ether oxygens (including phenoxy) is 1. The predicted octanol–water partition coefficient (Wildman–Crippen LogP) is 4.24. The second-order valence-electron chi connectivity index (χ2n) is 5.69. The number of aromatic nitrogens is 1. The van der Waals surface area contributed by atoms with Crippen LogP contribution in [0.4, 0.5) is 10.3 Å². The molecule has 0 atom stereocenters. The Morgan fingerprint density at radius 1 is 1.19 bits per heavy atom. The lowest BCUT2D eigenvalue weighted by Crippen LogP contribution is -2.21. The van der Waals surface area contributed by atoms with E-state index in [2.05, 4.69) is 10.5 Å². The number of benzene rings is 2. The fourth-order valence-corrected chi connectivity index (χ4v) is 2.40. The highest BCUT2D eigenvalue weighted by Crippen LogP contribution is 2.22. The predicted molar refractivity (Wildman–Crippen MR) is 97.0 cm³/mol. The number of aryl methyl sites for hydroxylation is 1. The molecule has 0 bridgehead atoms. The number of anilines is 1. The lowest BCUT2D eigenvalue weighted by Gasteiger charge is -2.05. The molecule has 2 aromatic carbocycles. The first-order valence-electron chi connectivity index (χ1n) is 7.88. The number of esters is 1. The van der Waals surface area contributed by atoms with Crippen molar-refractivity contribution in [1.82, 2.24) is 5.16 Å². The molecule has 1 heterocycles. The molecule has 0 saturated carbocycles. The zero-order chi connectivity index (χ0) is 19.4. The zero-order valence-electron chi connectivity index (χ0n) is 14.2. The molecule has 0 unspecified atom stereocenters. The van der Waals surface area contributed by atoms with Gasteiger partial charge in [-0.1, -0.05) is 46.6 Å². The first-order valence-corrected chi connectivity index (χ1v) is 8.26. The minimum atomic E-state index is -0.997. The fourth-order valence-electron chi connectivity index (χ4n) is 2.23. The smallest absolute Gasteiger partial charge is 0.341 e. The van der Waals surface area contributed by atoms with E-state index in [-0.39, 0.29) is 16.5 Å². The van der Waals surface area contributed by atoms with Crippen LogP contribution in [0.25, 0.3) is 11.3 Å². The van der Waals surface area contributed by atoms with Gasteiger partial charge in [0.25, 0.3) is 5.91 Å². The normalized spacial score (nSPS) is 10.5. The molecule has 3 aromatic rings. The second kappa shape index (κ2) is 8.01. The van der Waals surface area contributed by atoms with Gasteiger partial charge < -0.3 is 9.26 Å². The molecule has 138 valence electrons. The minimum absolute atomic E-state index is 0.0977. The van der Waals surface area contributed by atoms with Crippen LogP contribution in [-0.4, -0.2) is 23.6 Å². The molecule has 0 aliphatic carbocycles. The first-order chi connectivity index (χ1) is 12.9. The van der Waals surface area contributed by atoms with Crippen molar-refractivity contribution in [2.24, 2.45) is 0 Å². The van der Waals surface area contributed by atoms with Crippen LogP contribution in [0.2, 0.25) is 5.02 Å². The van der Waals surface area contributed by atoms with Gasteiger partial charge in [0, 0.05) is 16.7 Å². The van der Waals surface area contributed by atoms with E-state index in [0.717, 1.165) is 23.3 Å². The summed E-state index contributed by atoms with van der Waals surface area (Å²) in [4.78, 5) is 23.7. The Morgan fingerprint density at radius 2 is 1.93 bits per heavy atom. The van der Waals surface area contributed by atoms with Gasteiger partial charge >= 0.3 is 5.97 Å². The number of carbonyl (C=O) groups excluding carboxylic acids is 2. The first kappa shape index (κ1) is 18.6. The quantitative estimate of drug-likeness (QED) is 0.661. The Morgan fingerprint density at radius 3 is 2.67 bits per heavy atom. The Hall–Kier alpha value is -3.19. The van der Waals surface area contributed by atoms with Gasteiger partial charge in [0.1, 0.15) is 11.5 Å². The molecule has 1 amide bonds. The number of rotatable bonds is 5. The van der Waals surface area contributed by atoms with Gasteiger partial charge in [0.2, 0.25) is 5.88 Å². The number of nitrogens with one attached hydrogen (secondary N) is 1. The molecule has 0 radical (unpaired) electrons. The van der Waals surface area contributed by atoms with Gasteiger partial charge in [-0.25, -0.2) is 9.18 Å². The third-order valence-electron chi connectivity index (χ3n) is 3.60. The molecular formula is C19H14ClFN2O4. The van der Waals surface area contributed by atoms with E-state index >= 15 is 0 Å². The van der Waals surface area contributed by atoms with Gasteiger partial charge in [-0.05, 0) is 25.1 Å². The van der Waals surface area contributed by atoms with E-state index in [0.29, 0.717) is 5.69 Å². The molecule has 3 rings (SSSR count). The molecule has 8 heteroatoms. The zero-order valence-corrected chi connectivity index (χ0v) is 14.9. The van der Waals surface area contributed by atoms with Crippen molar-refractivity contribution in [3.63, 3.8) is 0 Å². The van der Waals surface area contributed by atoms with E-state index in [1.807, 2.05) is 31.2 Å². The maximum atomic E-state index is 13.6. The van der Waals surface area contributed by atoms with Crippen molar-refractivity contribution < 1.29 is 23.2 Å². The van der Waals surface area contributed by atoms with Crippen molar-refractivity contribution in [1.29, 1.82) is 0 Å². The van der Waals surface area contributed by atoms with Crippen LogP contribution in [-0.2, 0) is 9.53 Å². The molecular weight excluding hydrogens is 375 g/mol. The third-order valence-corrected chi connectivity index (χ3v) is 3.84. The Labute approximate surface area is 158 Å². The van der Waals surface area contributed by atoms with Gasteiger partial charge in [0.05, 0.1) is 5.56 Å². The third kappa shape index (κ3) is 4.71. The van der Waals surface area contributed by atoms with Crippen LogP contribution in [0.15, 0.2) is 53.1 Å². The van der Waals surface area contributed by atoms with Crippen LogP contribution < -0.4 is 5.32 Å². The Kier molecular flexibility index (Phi) is 5.52. The monoisotopic (exact) mass is 388 g/mol. The largest absolute Gasteiger partial charge is 0.452 e. The molecule has 0 spiro atoms. The summed E-state index contributed by atoms with van der Waals surface area (Å²) in [6.45, 7) is 1.35. The summed E-state index contributed by atoms with van der Waals surface area (Å²) in [6.07, 6.45) is 0. The number of carbonyl (C=O) groups is 2. The molecule has 0 fully saturated rings. The maximum absolute atomic E-state index is 13.6. The van der Waals surface area contributed by atoms with Crippen molar-refractivity contribution in [2.75, 3.05) is 11.9 Å². The van der Waals surface area contributed by atoms with Crippen LogP contribution in [0.1, 0.15) is 15.9 Å². The van der Waals surface area contributed by atoms with Crippen molar-refractivity contribution in [3.05, 3.63) is 70.5 Å². The highest BCUT2D eigenvalue weighted by Gasteiger charge is 2.16. The van der Waals surface area contributed by atoms with E-state index < -0.39 is 24.3 Å². The highest BCUT2D eigenvalue weighted by molar-refractivity contribution is 6.30. The van der Waals surface area contributed by atoms with E-state index in [9.17, 15) is 14.0 Å². The SMILES string of the molecule is Cc1ccc(-c2cc(NC(=O)COC(=O)c3cc(Cl)ccc3F)on2)cc1. The number of halogens is 2. The minimum Gasteiger partial charge on any atom is -0.452 e. The summed E-state index contributed by atoms with van der Waals surface area (Å²) in [5.41, 5.74) is 2.13. The Bertz CT molecular complexity index is 986. The van der Waals surface area contributed by atoms with Gasteiger partial charge in [0.15, 0.2) is 6.61 Å². The Balaban J connectivity index is 1.57. The molecule has 1 N–H and O–H groups in total. The molecule has 1 aromatic heterocycles.